The van der Waals surface area contributed by atoms with E-state index in [1.807, 2.05) is 0 Å². The molecule has 0 aliphatic heterocycles. The lowest BCUT2D eigenvalue weighted by Crippen LogP contribution is -2.39. The topological polar surface area (TPSA) is 26.3 Å². The smallest absolute Gasteiger partial charge is 0.302 e. The van der Waals surface area contributed by atoms with E-state index in [1.165, 1.54) is 25.3 Å². The summed E-state index contributed by atoms with van der Waals surface area (Å²) in [6, 6.07) is 0. The first-order chi connectivity index (χ1) is 6.46. The summed E-state index contributed by atoms with van der Waals surface area (Å²) in [5.41, 5.74) is 1.59. The average Bonchev–Trinajstić information content (AvgIpc) is 2.00. The average molecular weight is 196 g/mol. The zero-order chi connectivity index (χ0) is 10.8. The van der Waals surface area contributed by atoms with E-state index >= 15 is 0 Å². The minimum absolute atomic E-state index is 0.181. The van der Waals surface area contributed by atoms with Crippen molar-refractivity contribution in [3.8, 4) is 0 Å². The molecule has 1 aliphatic carbocycles. The second-order valence-corrected chi connectivity index (χ2v) is 4.68. The van der Waals surface area contributed by atoms with Crippen molar-refractivity contribution >= 4 is 5.97 Å². The molecular formula is C12H20O2. The fraction of sp³-hybridized carbons (Fsp3) is 0.750. The van der Waals surface area contributed by atoms with Crippen LogP contribution in [0.15, 0.2) is 12.2 Å². The number of ether oxygens (including phenoxy) is 1. The van der Waals surface area contributed by atoms with E-state index in [0.717, 1.165) is 6.42 Å². The molecule has 1 saturated carbocycles. The van der Waals surface area contributed by atoms with Gasteiger partial charge in [0.15, 0.2) is 0 Å². The van der Waals surface area contributed by atoms with Gasteiger partial charge in [-0.25, -0.2) is 0 Å². The molecule has 1 rings (SSSR count). The largest absolute Gasteiger partial charge is 0.466 e. The predicted octanol–water partition coefficient (Wildman–Crippen LogP) is 2.93. The highest BCUT2D eigenvalue weighted by Gasteiger charge is 2.42. The van der Waals surface area contributed by atoms with Gasteiger partial charge in [0, 0.05) is 6.92 Å². The molecule has 0 aromatic carbocycles. The molecule has 14 heavy (non-hydrogen) atoms. The molecule has 2 atom stereocenters. The number of hydrogen-bond donors (Lipinski definition) is 0. The van der Waals surface area contributed by atoms with Gasteiger partial charge in [-0.15, -0.1) is 0 Å². The lowest BCUT2D eigenvalue weighted by Gasteiger charge is -2.48. The number of hydrogen-bond acceptors (Lipinski definition) is 2. The first-order valence-electron chi connectivity index (χ1n) is 5.24. The molecule has 0 unspecified atom stereocenters. The Kier molecular flexibility index (Phi) is 3.35. The van der Waals surface area contributed by atoms with E-state index in [9.17, 15) is 4.79 Å². The van der Waals surface area contributed by atoms with Crippen molar-refractivity contribution in [2.45, 2.75) is 40.0 Å². The third kappa shape index (κ3) is 2.37. The SMILES string of the molecule is C=C(C)[C@@H]1CC[C@@]1(C)CCOC(C)=O. The molecule has 0 radical (unpaired) electrons. The van der Waals surface area contributed by atoms with Gasteiger partial charge in [0.25, 0.3) is 0 Å². The van der Waals surface area contributed by atoms with Crippen LogP contribution in [0.1, 0.15) is 40.0 Å². The second-order valence-electron chi connectivity index (χ2n) is 4.68. The molecule has 0 bridgehead atoms. The Balaban J connectivity index is 2.35. The fourth-order valence-electron chi connectivity index (χ4n) is 2.35. The van der Waals surface area contributed by atoms with Crippen LogP contribution < -0.4 is 0 Å². The zero-order valence-corrected chi connectivity index (χ0v) is 9.43. The van der Waals surface area contributed by atoms with E-state index in [-0.39, 0.29) is 5.97 Å². The standard InChI is InChI=1S/C12H20O2/c1-9(2)11-5-6-12(11,4)7-8-14-10(3)13/h11H,1,5-8H2,2-4H3/t11-,12-/m0/s1. The summed E-state index contributed by atoms with van der Waals surface area (Å²) in [4.78, 5) is 10.6. The Labute approximate surface area is 86.3 Å². The molecule has 0 amide bonds. The third-order valence-corrected chi connectivity index (χ3v) is 3.42. The maximum Gasteiger partial charge on any atom is 0.302 e. The van der Waals surface area contributed by atoms with E-state index in [1.54, 1.807) is 0 Å². The van der Waals surface area contributed by atoms with Crippen molar-refractivity contribution in [2.24, 2.45) is 11.3 Å². The summed E-state index contributed by atoms with van der Waals surface area (Å²) in [6.07, 6.45) is 3.43. The molecule has 1 fully saturated rings. The molecule has 0 heterocycles. The van der Waals surface area contributed by atoms with Gasteiger partial charge in [0.1, 0.15) is 0 Å². The summed E-state index contributed by atoms with van der Waals surface area (Å²) in [7, 11) is 0. The second kappa shape index (κ2) is 4.16. The van der Waals surface area contributed by atoms with Crippen LogP contribution in [0.25, 0.3) is 0 Å². The molecule has 2 nitrogen and oxygen atoms in total. The van der Waals surface area contributed by atoms with E-state index in [4.69, 9.17) is 4.74 Å². The molecule has 0 saturated heterocycles. The fourth-order valence-corrected chi connectivity index (χ4v) is 2.35. The van der Waals surface area contributed by atoms with Crippen molar-refractivity contribution in [3.63, 3.8) is 0 Å². The minimum Gasteiger partial charge on any atom is -0.466 e. The van der Waals surface area contributed by atoms with Gasteiger partial charge >= 0.3 is 5.97 Å². The van der Waals surface area contributed by atoms with Crippen LogP contribution >= 0.6 is 0 Å². The summed E-state index contributed by atoms with van der Waals surface area (Å²) in [6.45, 7) is 10.4. The van der Waals surface area contributed by atoms with Gasteiger partial charge < -0.3 is 4.74 Å². The van der Waals surface area contributed by atoms with E-state index in [0.29, 0.717) is 17.9 Å². The molecule has 0 spiro atoms. The van der Waals surface area contributed by atoms with Crippen molar-refractivity contribution < 1.29 is 9.53 Å². The van der Waals surface area contributed by atoms with Crippen molar-refractivity contribution in [1.29, 1.82) is 0 Å². The van der Waals surface area contributed by atoms with Crippen LogP contribution in [0.5, 0.6) is 0 Å². The highest BCUT2D eigenvalue weighted by Crippen LogP contribution is 2.51. The number of rotatable bonds is 4. The van der Waals surface area contributed by atoms with Crippen LogP contribution in [-0.2, 0) is 9.53 Å². The Morgan fingerprint density at radius 1 is 1.57 bits per heavy atom. The van der Waals surface area contributed by atoms with Gasteiger partial charge in [-0.05, 0) is 37.5 Å². The Morgan fingerprint density at radius 2 is 2.21 bits per heavy atom. The number of esters is 1. The van der Waals surface area contributed by atoms with E-state index < -0.39 is 0 Å². The maximum absolute atomic E-state index is 10.6. The third-order valence-electron chi connectivity index (χ3n) is 3.42. The lowest BCUT2D eigenvalue weighted by molar-refractivity contribution is -0.142. The summed E-state index contributed by atoms with van der Waals surface area (Å²) in [5.74, 6) is 0.442. The Hall–Kier alpha value is -0.790. The number of carbonyl (C=O) groups is 1. The monoisotopic (exact) mass is 196 g/mol. The lowest BCUT2D eigenvalue weighted by atomic mass is 9.57. The number of allylic oxidation sites excluding steroid dienone is 1. The molecular weight excluding hydrogens is 176 g/mol. The Morgan fingerprint density at radius 3 is 2.57 bits per heavy atom. The minimum atomic E-state index is -0.181. The normalized spacial score (nSPS) is 30.6. The summed E-state index contributed by atoms with van der Waals surface area (Å²) in [5, 5.41) is 0. The van der Waals surface area contributed by atoms with Gasteiger partial charge in [-0.1, -0.05) is 19.1 Å². The first kappa shape index (κ1) is 11.3. The van der Waals surface area contributed by atoms with Crippen LogP contribution in [0.3, 0.4) is 0 Å². The molecule has 0 N–H and O–H groups in total. The van der Waals surface area contributed by atoms with Crippen molar-refractivity contribution in [2.75, 3.05) is 6.61 Å². The van der Waals surface area contributed by atoms with Crippen LogP contribution in [0.4, 0.5) is 0 Å². The molecule has 1 aliphatic rings. The maximum atomic E-state index is 10.6. The highest BCUT2D eigenvalue weighted by molar-refractivity contribution is 5.65. The van der Waals surface area contributed by atoms with Crippen molar-refractivity contribution in [1.82, 2.24) is 0 Å². The summed E-state index contributed by atoms with van der Waals surface area (Å²) >= 11 is 0. The van der Waals surface area contributed by atoms with Crippen molar-refractivity contribution in [3.05, 3.63) is 12.2 Å². The Bertz CT molecular complexity index is 245. The van der Waals surface area contributed by atoms with Gasteiger partial charge in [0.2, 0.25) is 0 Å². The van der Waals surface area contributed by atoms with Crippen LogP contribution in [-0.4, -0.2) is 12.6 Å². The quantitative estimate of drug-likeness (QED) is 0.510. The van der Waals surface area contributed by atoms with Gasteiger partial charge in [-0.3, -0.25) is 4.79 Å². The zero-order valence-electron chi connectivity index (χ0n) is 9.43. The van der Waals surface area contributed by atoms with E-state index in [2.05, 4.69) is 20.4 Å². The molecule has 2 heteroatoms. The number of carbonyl (C=O) groups excluding carboxylic acids is 1. The summed E-state index contributed by atoms with van der Waals surface area (Å²) < 4.78 is 4.97. The van der Waals surface area contributed by atoms with Crippen LogP contribution in [0, 0.1) is 11.3 Å². The molecule has 80 valence electrons. The predicted molar refractivity (Wildman–Crippen MR) is 56.9 cm³/mol. The van der Waals surface area contributed by atoms with Gasteiger partial charge in [-0.2, -0.15) is 0 Å². The van der Waals surface area contributed by atoms with Gasteiger partial charge in [0.05, 0.1) is 6.61 Å². The highest BCUT2D eigenvalue weighted by atomic mass is 16.5. The molecule has 0 aromatic rings. The molecule has 0 aromatic heterocycles. The first-order valence-corrected chi connectivity index (χ1v) is 5.24. The van der Waals surface area contributed by atoms with Crippen LogP contribution in [0.2, 0.25) is 0 Å².